The first kappa shape index (κ1) is 27.1. The van der Waals surface area contributed by atoms with Crippen LogP contribution in [0.25, 0.3) is 0 Å². The van der Waals surface area contributed by atoms with Gasteiger partial charge in [-0.05, 0) is 0 Å². The van der Waals surface area contributed by atoms with Gasteiger partial charge in [-0.3, -0.25) is 4.79 Å². The lowest BCUT2D eigenvalue weighted by Crippen LogP contribution is -2.85. The van der Waals surface area contributed by atoms with Gasteiger partial charge in [-0.25, -0.2) is 4.79 Å². The van der Waals surface area contributed by atoms with Gasteiger partial charge in [-0.2, -0.15) is 0 Å². The molecule has 0 radical (unpaired) electrons. The molecule has 3 aliphatic heterocycles. The summed E-state index contributed by atoms with van der Waals surface area (Å²) >= 11 is 0. The van der Waals surface area contributed by atoms with Crippen molar-refractivity contribution in [1.29, 1.82) is 0 Å². The summed E-state index contributed by atoms with van der Waals surface area (Å²) in [6.07, 6.45) is -11.1. The van der Waals surface area contributed by atoms with Crippen molar-refractivity contribution >= 4 is 11.9 Å². The van der Waals surface area contributed by atoms with Crippen molar-refractivity contribution in [2.24, 2.45) is 0 Å². The lowest BCUT2D eigenvalue weighted by atomic mass is 9.78. The van der Waals surface area contributed by atoms with Gasteiger partial charge in [0.15, 0.2) is 6.29 Å². The van der Waals surface area contributed by atoms with Crippen LogP contribution in [0.5, 0.6) is 0 Å². The number of carboxylic acids is 1. The summed E-state index contributed by atoms with van der Waals surface area (Å²) in [5, 5.41) is 77.0. The average molecular weight is 496 g/mol. The van der Waals surface area contributed by atoms with E-state index in [2.05, 4.69) is 10.6 Å². The minimum atomic E-state index is -2.73. The van der Waals surface area contributed by atoms with Crippen LogP contribution in [0.15, 0.2) is 0 Å². The Morgan fingerprint density at radius 1 is 1.21 bits per heavy atom. The van der Waals surface area contributed by atoms with E-state index in [1.54, 1.807) is 0 Å². The number of nitrogens with one attached hydrogen (secondary N) is 2. The highest BCUT2D eigenvalue weighted by Gasteiger charge is 2.70. The van der Waals surface area contributed by atoms with Crippen LogP contribution in [0.2, 0.25) is 0 Å². The Morgan fingerprint density at radius 3 is 2.41 bits per heavy atom. The Hall–Kier alpha value is -1.50. The number of hydrogen-bond acceptors (Lipinski definition) is 13. The topological polar surface area (TPSA) is 237 Å². The number of morpholine rings is 1. The van der Waals surface area contributed by atoms with E-state index in [1.807, 2.05) is 0 Å². The predicted octanol–water partition coefficient (Wildman–Crippen LogP) is -5.41. The number of aliphatic hydroxyl groups excluding tert-OH is 6. The summed E-state index contributed by atoms with van der Waals surface area (Å²) in [4.78, 5) is 24.3. The molecule has 0 aromatic rings. The smallest absolute Gasteiger partial charge is 0.366 e. The zero-order valence-corrected chi connectivity index (χ0v) is 18.6. The number of ether oxygens (including phenoxy) is 4. The van der Waals surface area contributed by atoms with E-state index < -0.39 is 104 Å². The summed E-state index contributed by atoms with van der Waals surface area (Å²) < 4.78 is 22.0. The van der Waals surface area contributed by atoms with E-state index in [-0.39, 0.29) is 0 Å². The first-order chi connectivity index (χ1) is 16.0. The normalized spacial score (nSPS) is 45.4. The van der Waals surface area contributed by atoms with Gasteiger partial charge in [0.2, 0.25) is 5.91 Å². The van der Waals surface area contributed by atoms with Crippen LogP contribution in [0, 0.1) is 0 Å². The molecule has 3 saturated heterocycles. The van der Waals surface area contributed by atoms with Gasteiger partial charge in [0, 0.05) is 27.0 Å². The number of amides is 1. The van der Waals surface area contributed by atoms with E-state index in [0.717, 1.165) is 0 Å². The zero-order chi connectivity index (χ0) is 25.4. The first-order valence-electron chi connectivity index (χ1n) is 10.7. The second-order valence-corrected chi connectivity index (χ2v) is 8.68. The Labute approximate surface area is 194 Å². The molecule has 3 rings (SSSR count). The molecule has 11 atom stereocenters. The number of hydrogen-bond donors (Lipinski definition) is 9. The Balaban J connectivity index is 2.05. The van der Waals surface area contributed by atoms with E-state index >= 15 is 0 Å². The summed E-state index contributed by atoms with van der Waals surface area (Å²) in [5.41, 5.74) is -2.14. The Morgan fingerprint density at radius 2 is 1.88 bits per heavy atom. The number of carboxylic acid groups (broad SMARTS) is 1. The molecule has 0 saturated carbocycles. The van der Waals surface area contributed by atoms with E-state index in [4.69, 9.17) is 18.9 Å². The maximum Gasteiger partial charge on any atom is 0.366 e. The van der Waals surface area contributed by atoms with Gasteiger partial charge in [0.1, 0.15) is 30.0 Å². The molecule has 0 aromatic heterocycles. The van der Waals surface area contributed by atoms with Crippen LogP contribution >= 0.6 is 0 Å². The standard InChI is InChI=1S/C19H32N2O13/c1-7(24)21-11-9(3-8(25)4-22)33-19(17(29)30)13(12(11)26)20-6-18(34-19)14(27)10(5-23)32-16(31-2)15(18)28/h8-16,20,22-23,25-28H,3-6H2,1-2H3,(H,21,24)(H,29,30)/t8?,9?,10?,11-,12?,13-,14-,15?,16+,18-,19-/m0/s1. The summed E-state index contributed by atoms with van der Waals surface area (Å²) in [6.45, 7) is -0.689. The number of methoxy groups -OCH3 is 1. The van der Waals surface area contributed by atoms with Crippen molar-refractivity contribution in [2.45, 2.75) is 79.7 Å². The largest absolute Gasteiger partial charge is 0.477 e. The van der Waals surface area contributed by atoms with Crippen molar-refractivity contribution in [3.05, 3.63) is 0 Å². The molecular formula is C19H32N2O13. The summed E-state index contributed by atoms with van der Waals surface area (Å²) in [7, 11) is 1.19. The maximum atomic E-state index is 12.6. The van der Waals surface area contributed by atoms with E-state index in [0.29, 0.717) is 0 Å². The number of carbonyl (C=O) groups excluding carboxylic acids is 1. The molecule has 0 aromatic carbocycles. The van der Waals surface area contributed by atoms with Crippen molar-refractivity contribution in [3.63, 3.8) is 0 Å². The van der Waals surface area contributed by atoms with Gasteiger partial charge in [-0.15, -0.1) is 0 Å². The fourth-order valence-electron chi connectivity index (χ4n) is 4.83. The fourth-order valence-corrected chi connectivity index (χ4v) is 4.83. The minimum Gasteiger partial charge on any atom is -0.477 e. The van der Waals surface area contributed by atoms with Crippen molar-refractivity contribution in [1.82, 2.24) is 10.6 Å². The molecule has 34 heavy (non-hydrogen) atoms. The highest BCUT2D eigenvalue weighted by molar-refractivity contribution is 5.78. The predicted molar refractivity (Wildman–Crippen MR) is 107 cm³/mol. The Kier molecular flexibility index (Phi) is 8.16. The third-order valence-corrected chi connectivity index (χ3v) is 6.50. The third kappa shape index (κ3) is 4.42. The number of rotatable bonds is 7. The van der Waals surface area contributed by atoms with Crippen LogP contribution in [0.4, 0.5) is 0 Å². The lowest BCUT2D eigenvalue weighted by Gasteiger charge is -2.60. The molecule has 1 amide bonds. The monoisotopic (exact) mass is 496 g/mol. The maximum absolute atomic E-state index is 12.6. The molecule has 0 bridgehead atoms. The molecule has 15 nitrogen and oxygen atoms in total. The van der Waals surface area contributed by atoms with Crippen molar-refractivity contribution < 1.29 is 64.3 Å². The van der Waals surface area contributed by atoms with Crippen LogP contribution in [-0.4, -0.2) is 141 Å². The fraction of sp³-hybridized carbons (Fsp3) is 0.895. The van der Waals surface area contributed by atoms with Gasteiger partial charge in [0.05, 0.1) is 37.6 Å². The first-order valence-corrected chi connectivity index (χ1v) is 10.7. The minimum absolute atomic E-state index is 0.398. The van der Waals surface area contributed by atoms with Gasteiger partial charge < -0.3 is 65.3 Å². The second-order valence-electron chi connectivity index (χ2n) is 8.68. The molecule has 0 aliphatic carbocycles. The average Bonchev–Trinajstić information content (AvgIpc) is 2.80. The van der Waals surface area contributed by atoms with Crippen molar-refractivity contribution in [2.75, 3.05) is 26.9 Å². The van der Waals surface area contributed by atoms with Crippen LogP contribution in [-0.2, 0) is 28.5 Å². The van der Waals surface area contributed by atoms with E-state index in [1.165, 1.54) is 14.0 Å². The zero-order valence-electron chi connectivity index (χ0n) is 18.6. The summed E-state index contributed by atoms with van der Waals surface area (Å²) in [5.74, 6) is -5.05. The van der Waals surface area contributed by atoms with Gasteiger partial charge in [-0.1, -0.05) is 0 Å². The molecule has 196 valence electrons. The highest BCUT2D eigenvalue weighted by atomic mass is 16.8. The SMILES string of the molecule is CO[C@@H]1OC(CO)[C@H](O)[C@@]2(CN[C@H]3C(O)[C@@H](NC(C)=O)C(CC(O)CO)O[C@]3(C(=O)O)O2)C1O. The number of fused-ring (bicyclic) bond motifs is 1. The molecule has 3 heterocycles. The van der Waals surface area contributed by atoms with E-state index in [9.17, 15) is 45.3 Å². The Bertz CT molecular complexity index is 740. The molecule has 5 unspecified atom stereocenters. The summed E-state index contributed by atoms with van der Waals surface area (Å²) in [6, 6.07) is -2.71. The van der Waals surface area contributed by atoms with Crippen molar-refractivity contribution in [3.8, 4) is 0 Å². The van der Waals surface area contributed by atoms with Gasteiger partial charge >= 0.3 is 5.97 Å². The molecule has 3 aliphatic rings. The molecule has 1 spiro atoms. The van der Waals surface area contributed by atoms with Crippen LogP contribution in [0.1, 0.15) is 13.3 Å². The van der Waals surface area contributed by atoms with Gasteiger partial charge in [0.25, 0.3) is 5.79 Å². The van der Waals surface area contributed by atoms with Crippen LogP contribution < -0.4 is 10.6 Å². The number of aliphatic hydroxyl groups is 6. The molecule has 15 heteroatoms. The molecule has 3 fully saturated rings. The lowest BCUT2D eigenvalue weighted by molar-refractivity contribution is -0.414. The van der Waals surface area contributed by atoms with Crippen LogP contribution in [0.3, 0.4) is 0 Å². The number of aliphatic carboxylic acids is 1. The molecule has 9 N–H and O–H groups in total. The number of carbonyl (C=O) groups is 2. The highest BCUT2D eigenvalue weighted by Crippen LogP contribution is 2.44. The third-order valence-electron chi connectivity index (χ3n) is 6.50. The second kappa shape index (κ2) is 10.2. The quantitative estimate of drug-likeness (QED) is 0.160. The molecular weight excluding hydrogens is 464 g/mol.